The molecule has 0 spiro atoms. The highest BCUT2D eigenvalue weighted by atomic mass is 35.5. The number of aromatic nitrogens is 7. The van der Waals surface area contributed by atoms with E-state index in [1.165, 1.54) is 33.1 Å². The van der Waals surface area contributed by atoms with E-state index in [2.05, 4.69) is 40.5 Å². The summed E-state index contributed by atoms with van der Waals surface area (Å²) in [6, 6.07) is 8.64. The maximum atomic E-state index is 13.3. The topological polar surface area (TPSA) is 216 Å². The van der Waals surface area contributed by atoms with Gasteiger partial charge >= 0.3 is 5.97 Å². The van der Waals surface area contributed by atoms with Crippen molar-refractivity contribution in [1.82, 2.24) is 44.8 Å². The van der Waals surface area contributed by atoms with Gasteiger partial charge in [-0.2, -0.15) is 9.36 Å². The lowest BCUT2D eigenvalue weighted by molar-refractivity contribution is -0.150. The largest absolute Gasteiger partial charge is 0.477 e. The molecule has 20 heteroatoms. The second-order valence-corrected chi connectivity index (χ2v) is 11.9. The Labute approximate surface area is 252 Å². The second-order valence-electron chi connectivity index (χ2n) is 8.55. The Morgan fingerprint density at radius 1 is 1.26 bits per heavy atom. The molecule has 214 valence electrons. The summed E-state index contributed by atoms with van der Waals surface area (Å²) >= 11 is 9.36. The van der Waals surface area contributed by atoms with E-state index >= 15 is 0 Å². The van der Waals surface area contributed by atoms with Crippen LogP contribution in [0.1, 0.15) is 5.82 Å². The number of oxime groups is 1. The SMILES string of the molecule is Nc1nc(C(=NOc2ccc(Cl)cc2)C(=O)NC2C(=O)N3C(C(=O)O)=C(CSc4ccc5nnnn5n4)CS[C@H]23)ns1. The third-order valence-corrected chi connectivity index (χ3v) is 9.04. The molecule has 1 fully saturated rings. The molecule has 1 aromatic carbocycles. The van der Waals surface area contributed by atoms with E-state index in [9.17, 15) is 19.5 Å². The van der Waals surface area contributed by atoms with Gasteiger partial charge in [-0.05, 0) is 52.4 Å². The van der Waals surface area contributed by atoms with Crippen LogP contribution in [0.25, 0.3) is 5.65 Å². The van der Waals surface area contributed by atoms with Gasteiger partial charge in [-0.25, -0.2) is 4.79 Å². The fraction of sp³-hybridized carbons (Fsp3) is 0.182. The fourth-order valence-electron chi connectivity index (χ4n) is 3.98. The predicted molar refractivity (Wildman–Crippen MR) is 152 cm³/mol. The average molecular weight is 646 g/mol. The van der Waals surface area contributed by atoms with Gasteiger partial charge < -0.3 is 21.0 Å². The Kier molecular flexibility index (Phi) is 7.62. The number of carboxylic acid groups (broad SMARTS) is 1. The van der Waals surface area contributed by atoms with Crippen molar-refractivity contribution in [2.75, 3.05) is 17.2 Å². The van der Waals surface area contributed by atoms with E-state index < -0.39 is 29.2 Å². The van der Waals surface area contributed by atoms with Crippen molar-refractivity contribution in [1.29, 1.82) is 0 Å². The van der Waals surface area contributed by atoms with E-state index in [0.717, 1.165) is 11.5 Å². The number of nitrogens with one attached hydrogen (secondary N) is 1. The third-order valence-electron chi connectivity index (χ3n) is 5.90. The Bertz CT molecular complexity index is 1780. The molecule has 2 atom stereocenters. The number of carboxylic acids is 1. The molecule has 2 aliphatic heterocycles. The zero-order chi connectivity index (χ0) is 29.4. The lowest BCUT2D eigenvalue weighted by atomic mass is 10.0. The lowest BCUT2D eigenvalue weighted by Gasteiger charge is -2.49. The number of nitrogens with zero attached hydrogens (tertiary/aromatic N) is 9. The van der Waals surface area contributed by atoms with Crippen LogP contribution in [0, 0.1) is 0 Å². The third kappa shape index (κ3) is 5.45. The summed E-state index contributed by atoms with van der Waals surface area (Å²) in [6.45, 7) is 0. The standard InChI is InChI=1S/C22H16ClN11O5S3/c23-10-1-3-11(4-2-10)39-29-14(17-26-22(24)42-30-17)18(35)25-15-19(36)33-16(21(37)38)9(8-41-20(15)33)7-40-13-6-5-12-27-31-32-34(12)28-13/h1-6,15,20H,7-8H2,(H,25,35)(H,37,38)(H2,24,26,30)/t15?,20-/m1/s1. The molecule has 4 N–H and O–H groups in total. The Balaban J connectivity index is 1.18. The fourth-order valence-corrected chi connectivity index (χ4v) is 6.88. The van der Waals surface area contributed by atoms with Crippen LogP contribution in [-0.4, -0.2) is 91.0 Å². The van der Waals surface area contributed by atoms with E-state index in [0.29, 0.717) is 27.0 Å². The summed E-state index contributed by atoms with van der Waals surface area (Å²) in [5.41, 5.74) is 6.25. The molecule has 2 amide bonds. The summed E-state index contributed by atoms with van der Waals surface area (Å²) in [6.07, 6.45) is 0. The van der Waals surface area contributed by atoms with Crippen LogP contribution in [-0.2, 0) is 14.4 Å². The number of rotatable bonds is 9. The smallest absolute Gasteiger partial charge is 0.352 e. The molecule has 16 nitrogen and oxygen atoms in total. The van der Waals surface area contributed by atoms with Crippen LogP contribution in [0.2, 0.25) is 5.02 Å². The number of aliphatic carboxylic acids is 1. The molecule has 0 saturated carbocycles. The van der Waals surface area contributed by atoms with Crippen molar-refractivity contribution in [3.8, 4) is 5.75 Å². The number of tetrazole rings is 1. The summed E-state index contributed by atoms with van der Waals surface area (Å²) < 4.78 is 5.29. The number of hydrogen-bond acceptors (Lipinski definition) is 15. The number of β-lactam (4-membered cyclic amide) rings is 1. The minimum atomic E-state index is -1.25. The summed E-state index contributed by atoms with van der Waals surface area (Å²) in [5.74, 6) is -1.87. The van der Waals surface area contributed by atoms with Crippen LogP contribution >= 0.6 is 46.7 Å². The zero-order valence-corrected chi connectivity index (χ0v) is 24.0. The molecular formula is C22H16ClN11O5S3. The van der Waals surface area contributed by atoms with Crippen molar-refractivity contribution < 1.29 is 24.3 Å². The maximum Gasteiger partial charge on any atom is 0.352 e. The molecule has 0 radical (unpaired) electrons. The highest BCUT2D eigenvalue weighted by Crippen LogP contribution is 2.41. The summed E-state index contributed by atoms with van der Waals surface area (Å²) in [7, 11) is 0. The van der Waals surface area contributed by atoms with Crippen LogP contribution in [0.4, 0.5) is 5.13 Å². The molecule has 1 saturated heterocycles. The lowest BCUT2D eigenvalue weighted by Crippen LogP contribution is -2.71. The van der Waals surface area contributed by atoms with Crippen LogP contribution < -0.4 is 15.9 Å². The normalized spacial score (nSPS) is 18.5. The van der Waals surface area contributed by atoms with Gasteiger partial charge in [0.25, 0.3) is 11.8 Å². The quantitative estimate of drug-likeness (QED) is 0.0998. The highest BCUT2D eigenvalue weighted by molar-refractivity contribution is 8.01. The Morgan fingerprint density at radius 3 is 2.81 bits per heavy atom. The molecule has 4 aromatic rings. The molecule has 0 aliphatic carbocycles. The molecule has 42 heavy (non-hydrogen) atoms. The van der Waals surface area contributed by atoms with E-state index in [-0.39, 0.29) is 33.9 Å². The molecular weight excluding hydrogens is 630 g/mol. The number of amides is 2. The molecule has 3 aromatic heterocycles. The van der Waals surface area contributed by atoms with Gasteiger partial charge in [0.15, 0.2) is 16.5 Å². The number of nitrogens with two attached hydrogens (primary N) is 1. The first-order valence-corrected chi connectivity index (χ1v) is 15.0. The number of thioether (sulfide) groups is 2. The van der Waals surface area contributed by atoms with Crippen molar-refractivity contribution in [2.45, 2.75) is 16.4 Å². The van der Waals surface area contributed by atoms with Crippen molar-refractivity contribution >= 4 is 80.9 Å². The van der Waals surface area contributed by atoms with Gasteiger partial charge in [0.2, 0.25) is 11.5 Å². The van der Waals surface area contributed by atoms with Gasteiger partial charge in [0.05, 0.1) is 0 Å². The van der Waals surface area contributed by atoms with Gasteiger partial charge in [-0.15, -0.1) is 38.4 Å². The van der Waals surface area contributed by atoms with E-state index in [4.69, 9.17) is 22.2 Å². The van der Waals surface area contributed by atoms with Crippen molar-refractivity contribution in [2.24, 2.45) is 5.16 Å². The molecule has 1 unspecified atom stereocenters. The first-order valence-electron chi connectivity index (χ1n) is 11.8. The Hall–Kier alpha value is -4.33. The highest BCUT2D eigenvalue weighted by Gasteiger charge is 2.54. The first kappa shape index (κ1) is 27.8. The second kappa shape index (κ2) is 11.5. The number of benzene rings is 1. The minimum absolute atomic E-state index is 0.0946. The summed E-state index contributed by atoms with van der Waals surface area (Å²) in [4.78, 5) is 49.2. The number of nitrogen functional groups attached to an aromatic ring is 1. The number of fused-ring (bicyclic) bond motifs is 2. The van der Waals surface area contributed by atoms with Gasteiger partial charge in [0.1, 0.15) is 22.1 Å². The number of carbonyl (C=O) groups is 3. The maximum absolute atomic E-state index is 13.3. The molecule has 5 heterocycles. The van der Waals surface area contributed by atoms with Crippen molar-refractivity contribution in [3.05, 3.63) is 58.5 Å². The van der Waals surface area contributed by atoms with Gasteiger partial charge in [-0.1, -0.05) is 16.8 Å². The number of hydrogen-bond donors (Lipinski definition) is 3. The monoisotopic (exact) mass is 645 g/mol. The van der Waals surface area contributed by atoms with Crippen molar-refractivity contribution in [3.63, 3.8) is 0 Å². The minimum Gasteiger partial charge on any atom is -0.477 e. The average Bonchev–Trinajstić information content (AvgIpc) is 3.63. The molecule has 2 aliphatic rings. The van der Waals surface area contributed by atoms with E-state index in [1.807, 2.05) is 0 Å². The van der Waals surface area contributed by atoms with Gasteiger partial charge in [-0.3, -0.25) is 14.5 Å². The number of anilines is 1. The number of halogens is 1. The predicted octanol–water partition coefficient (Wildman–Crippen LogP) is 0.920. The first-order chi connectivity index (χ1) is 20.3. The molecule has 6 rings (SSSR count). The van der Waals surface area contributed by atoms with Crippen LogP contribution in [0.15, 0.2) is 57.9 Å². The van der Waals surface area contributed by atoms with E-state index in [1.54, 1.807) is 36.4 Å². The number of carbonyl (C=O) groups excluding carboxylic acids is 2. The molecule has 0 bridgehead atoms. The van der Waals surface area contributed by atoms with Crippen LogP contribution in [0.3, 0.4) is 0 Å². The Morgan fingerprint density at radius 2 is 2.07 bits per heavy atom. The summed E-state index contributed by atoms with van der Waals surface area (Å²) in [5, 5.41) is 32.4. The zero-order valence-electron chi connectivity index (χ0n) is 20.8. The van der Waals surface area contributed by atoms with Gasteiger partial charge in [0, 0.05) is 28.1 Å². The van der Waals surface area contributed by atoms with Crippen LogP contribution in [0.5, 0.6) is 5.75 Å².